The van der Waals surface area contributed by atoms with Gasteiger partial charge in [0.2, 0.25) is 5.89 Å². The smallest absolute Gasteiger partial charge is 0.338 e. The van der Waals surface area contributed by atoms with Crippen LogP contribution in [-0.4, -0.2) is 25.9 Å². The van der Waals surface area contributed by atoms with Crippen LogP contribution in [0.3, 0.4) is 0 Å². The lowest BCUT2D eigenvalue weighted by atomic mass is 10.2. The number of carbonyl (C=O) groups is 1. The molecule has 0 aliphatic carbocycles. The van der Waals surface area contributed by atoms with Crippen LogP contribution < -0.4 is 0 Å². The maximum absolute atomic E-state index is 11.9. The lowest BCUT2D eigenvalue weighted by molar-refractivity contribution is 0.0437. The summed E-state index contributed by atoms with van der Waals surface area (Å²) in [6, 6.07) is 8.77. The van der Waals surface area contributed by atoms with Gasteiger partial charge in [-0.15, -0.1) is 10.2 Å². The number of hydrogen-bond donors (Lipinski definition) is 0. The van der Waals surface area contributed by atoms with E-state index >= 15 is 0 Å². The van der Waals surface area contributed by atoms with Crippen molar-refractivity contribution in [2.24, 2.45) is 0 Å². The highest BCUT2D eigenvalue weighted by molar-refractivity contribution is 5.89. The van der Waals surface area contributed by atoms with E-state index < -0.39 is 5.97 Å². The van der Waals surface area contributed by atoms with Gasteiger partial charge in [0, 0.05) is 19.3 Å². The highest BCUT2D eigenvalue weighted by Crippen LogP contribution is 2.10. The Morgan fingerprint density at radius 2 is 2.10 bits per heavy atom. The van der Waals surface area contributed by atoms with Crippen LogP contribution in [0.15, 0.2) is 47.1 Å². The topological polar surface area (TPSA) is 83.0 Å². The number of nitrogens with zero attached hydrogens (tertiary/aromatic N) is 4. The molecule has 2 aromatic heterocycles. The molecule has 0 saturated carbocycles. The lowest BCUT2D eigenvalue weighted by Gasteiger charge is -2.04. The average molecular weight is 284 g/mol. The molecule has 0 spiro atoms. The van der Waals surface area contributed by atoms with E-state index in [1.165, 1.54) is 0 Å². The summed E-state index contributed by atoms with van der Waals surface area (Å²) in [6.07, 6.45) is 3.51. The number of benzene rings is 1. The van der Waals surface area contributed by atoms with Crippen molar-refractivity contribution in [1.29, 1.82) is 0 Å². The van der Waals surface area contributed by atoms with Crippen molar-refractivity contribution in [3.8, 4) is 5.69 Å². The fourth-order valence-corrected chi connectivity index (χ4v) is 1.78. The summed E-state index contributed by atoms with van der Waals surface area (Å²) in [6.45, 7) is 1.63. The zero-order chi connectivity index (χ0) is 14.7. The predicted octanol–water partition coefficient (Wildman–Crippen LogP) is 1.92. The molecular weight excluding hydrogens is 272 g/mol. The van der Waals surface area contributed by atoms with Gasteiger partial charge in [0.25, 0.3) is 5.89 Å². The molecule has 0 fully saturated rings. The van der Waals surface area contributed by atoms with Crippen LogP contribution >= 0.6 is 0 Å². The zero-order valence-corrected chi connectivity index (χ0v) is 11.3. The second-order valence-electron chi connectivity index (χ2n) is 4.29. The number of aryl methyl sites for hydroxylation is 1. The molecule has 21 heavy (non-hydrogen) atoms. The Labute approximate surface area is 120 Å². The molecule has 2 heterocycles. The SMILES string of the molecule is Cc1nnc(COC(=O)c2ccc(-n3cccn3)cc2)o1. The normalized spacial score (nSPS) is 10.5. The Bertz CT molecular complexity index is 732. The van der Waals surface area contributed by atoms with Crippen LogP contribution in [0.25, 0.3) is 5.69 Å². The molecular formula is C14H12N4O3. The van der Waals surface area contributed by atoms with Crippen molar-refractivity contribution in [3.63, 3.8) is 0 Å². The van der Waals surface area contributed by atoms with Gasteiger partial charge in [-0.2, -0.15) is 5.10 Å². The van der Waals surface area contributed by atoms with E-state index in [1.807, 2.05) is 12.3 Å². The molecule has 0 N–H and O–H groups in total. The van der Waals surface area contributed by atoms with Gasteiger partial charge in [-0.3, -0.25) is 0 Å². The minimum Gasteiger partial charge on any atom is -0.452 e. The number of hydrogen-bond acceptors (Lipinski definition) is 6. The van der Waals surface area contributed by atoms with E-state index in [0.29, 0.717) is 11.5 Å². The van der Waals surface area contributed by atoms with Crippen LogP contribution in [0, 0.1) is 6.92 Å². The lowest BCUT2D eigenvalue weighted by Crippen LogP contribution is -2.06. The first kappa shape index (κ1) is 13.0. The van der Waals surface area contributed by atoms with Crippen molar-refractivity contribution in [1.82, 2.24) is 20.0 Å². The van der Waals surface area contributed by atoms with Crippen LogP contribution in [0.1, 0.15) is 22.1 Å². The molecule has 0 atom stereocenters. The van der Waals surface area contributed by atoms with E-state index in [4.69, 9.17) is 9.15 Å². The molecule has 0 amide bonds. The zero-order valence-electron chi connectivity index (χ0n) is 11.3. The highest BCUT2D eigenvalue weighted by Gasteiger charge is 2.10. The number of carbonyl (C=O) groups excluding carboxylic acids is 1. The molecule has 0 unspecified atom stereocenters. The molecule has 0 bridgehead atoms. The summed E-state index contributed by atoms with van der Waals surface area (Å²) >= 11 is 0. The second kappa shape index (κ2) is 5.58. The van der Waals surface area contributed by atoms with Crippen LogP contribution in [-0.2, 0) is 11.3 Å². The molecule has 106 valence electrons. The van der Waals surface area contributed by atoms with Crippen LogP contribution in [0.4, 0.5) is 0 Å². The Kier molecular flexibility index (Phi) is 3.46. The quantitative estimate of drug-likeness (QED) is 0.681. The van der Waals surface area contributed by atoms with Crippen molar-refractivity contribution < 1.29 is 13.9 Å². The van der Waals surface area contributed by atoms with E-state index in [2.05, 4.69) is 15.3 Å². The van der Waals surface area contributed by atoms with Gasteiger partial charge >= 0.3 is 5.97 Å². The molecule has 0 radical (unpaired) electrons. The molecule has 0 aliphatic heterocycles. The van der Waals surface area contributed by atoms with Gasteiger partial charge in [0.1, 0.15) is 0 Å². The summed E-state index contributed by atoms with van der Waals surface area (Å²) in [5, 5.41) is 11.5. The Hall–Kier alpha value is -2.96. The van der Waals surface area contributed by atoms with Crippen molar-refractivity contribution in [2.45, 2.75) is 13.5 Å². The van der Waals surface area contributed by atoms with Crippen molar-refractivity contribution in [2.75, 3.05) is 0 Å². The third kappa shape index (κ3) is 2.97. The van der Waals surface area contributed by atoms with Gasteiger partial charge in [0.05, 0.1) is 11.3 Å². The van der Waals surface area contributed by atoms with Crippen LogP contribution in [0.5, 0.6) is 0 Å². The first-order valence-electron chi connectivity index (χ1n) is 6.28. The minimum absolute atomic E-state index is 0.0411. The Morgan fingerprint density at radius 1 is 1.29 bits per heavy atom. The number of ether oxygens (including phenoxy) is 1. The standard InChI is InChI=1S/C14H12N4O3/c1-10-16-17-13(21-10)9-20-14(19)11-3-5-12(6-4-11)18-8-2-7-15-18/h2-8H,9H2,1H3. The van der Waals surface area contributed by atoms with Gasteiger partial charge in [-0.25, -0.2) is 9.48 Å². The molecule has 3 rings (SSSR count). The van der Waals surface area contributed by atoms with E-state index in [1.54, 1.807) is 42.1 Å². The fourth-order valence-electron chi connectivity index (χ4n) is 1.78. The first-order chi connectivity index (χ1) is 10.2. The third-order valence-corrected chi connectivity index (χ3v) is 2.77. The first-order valence-corrected chi connectivity index (χ1v) is 6.28. The predicted molar refractivity (Wildman–Crippen MR) is 71.7 cm³/mol. The molecule has 7 nitrogen and oxygen atoms in total. The van der Waals surface area contributed by atoms with Gasteiger partial charge in [-0.05, 0) is 30.3 Å². The Morgan fingerprint density at radius 3 is 2.71 bits per heavy atom. The summed E-state index contributed by atoms with van der Waals surface area (Å²) in [5.74, 6) is 0.261. The van der Waals surface area contributed by atoms with E-state index in [-0.39, 0.29) is 12.5 Å². The summed E-state index contributed by atoms with van der Waals surface area (Å²) in [7, 11) is 0. The number of esters is 1. The Balaban J connectivity index is 1.65. The average Bonchev–Trinajstić information content (AvgIpc) is 3.16. The summed E-state index contributed by atoms with van der Waals surface area (Å²) < 4.78 is 11.9. The van der Waals surface area contributed by atoms with Crippen molar-refractivity contribution in [3.05, 3.63) is 60.1 Å². The molecule has 3 aromatic rings. The molecule has 0 saturated heterocycles. The largest absolute Gasteiger partial charge is 0.452 e. The van der Waals surface area contributed by atoms with Gasteiger partial charge in [-0.1, -0.05) is 0 Å². The van der Waals surface area contributed by atoms with Gasteiger partial charge < -0.3 is 9.15 Å². The molecule has 7 heteroatoms. The number of rotatable bonds is 4. The van der Waals surface area contributed by atoms with Crippen LogP contribution in [0.2, 0.25) is 0 Å². The van der Waals surface area contributed by atoms with Crippen molar-refractivity contribution >= 4 is 5.97 Å². The highest BCUT2D eigenvalue weighted by atomic mass is 16.5. The maximum atomic E-state index is 11.9. The summed E-state index contributed by atoms with van der Waals surface area (Å²) in [5.41, 5.74) is 1.31. The number of aromatic nitrogens is 4. The second-order valence-corrected chi connectivity index (χ2v) is 4.29. The fraction of sp³-hybridized carbons (Fsp3) is 0.143. The molecule has 1 aromatic carbocycles. The maximum Gasteiger partial charge on any atom is 0.338 e. The minimum atomic E-state index is -0.446. The third-order valence-electron chi connectivity index (χ3n) is 2.77. The van der Waals surface area contributed by atoms with E-state index in [0.717, 1.165) is 5.69 Å². The monoisotopic (exact) mass is 284 g/mol. The summed E-state index contributed by atoms with van der Waals surface area (Å²) in [4.78, 5) is 11.9. The van der Waals surface area contributed by atoms with Gasteiger partial charge in [0.15, 0.2) is 6.61 Å². The van der Waals surface area contributed by atoms with E-state index in [9.17, 15) is 4.79 Å². The molecule has 0 aliphatic rings.